The zero-order chi connectivity index (χ0) is 10.8. The Morgan fingerprint density at radius 2 is 1.80 bits per heavy atom. The van der Waals surface area contributed by atoms with Crippen LogP contribution in [0.5, 0.6) is 11.5 Å². The van der Waals surface area contributed by atoms with Crippen LogP contribution < -0.4 is 4.90 Å². The summed E-state index contributed by atoms with van der Waals surface area (Å²) < 4.78 is 0. The Bertz CT molecular complexity index is 379. The lowest BCUT2D eigenvalue weighted by atomic mass is 10.1. The first kappa shape index (κ1) is 9.83. The van der Waals surface area contributed by atoms with Gasteiger partial charge in [0, 0.05) is 25.9 Å². The number of phenols is 2. The number of rotatable bonds is 1. The molecule has 2 rings (SSSR count). The zero-order valence-corrected chi connectivity index (χ0v) is 8.31. The van der Waals surface area contributed by atoms with Gasteiger partial charge in [0.1, 0.15) is 5.78 Å². The van der Waals surface area contributed by atoms with Crippen molar-refractivity contribution >= 4 is 11.5 Å². The van der Waals surface area contributed by atoms with Crippen LogP contribution in [0.25, 0.3) is 0 Å². The number of piperidine rings is 1. The lowest BCUT2D eigenvalue weighted by Gasteiger charge is -2.28. The van der Waals surface area contributed by atoms with Crippen molar-refractivity contribution in [3.05, 3.63) is 18.2 Å². The largest absolute Gasteiger partial charge is 0.504 e. The number of ketones is 1. The average Bonchev–Trinajstić information content (AvgIpc) is 2.24. The molecule has 0 amide bonds. The number of carbonyl (C=O) groups is 1. The first-order chi connectivity index (χ1) is 7.18. The van der Waals surface area contributed by atoms with Crippen LogP contribution in [0.15, 0.2) is 18.2 Å². The Kier molecular flexibility index (Phi) is 2.49. The number of Topliss-reactive ketones (excluding diaryl/α,β-unsaturated/α-hetero) is 1. The van der Waals surface area contributed by atoms with E-state index in [0.717, 1.165) is 0 Å². The average molecular weight is 207 g/mol. The minimum atomic E-state index is -0.121. The van der Waals surface area contributed by atoms with Crippen LogP contribution in [0.4, 0.5) is 5.69 Å². The Balaban J connectivity index is 2.22. The number of carbonyl (C=O) groups excluding carboxylic acids is 1. The molecule has 0 aromatic heterocycles. The summed E-state index contributed by atoms with van der Waals surface area (Å²) in [4.78, 5) is 13.0. The monoisotopic (exact) mass is 207 g/mol. The van der Waals surface area contributed by atoms with Crippen molar-refractivity contribution in [2.45, 2.75) is 12.8 Å². The highest BCUT2D eigenvalue weighted by atomic mass is 16.3. The van der Waals surface area contributed by atoms with E-state index in [1.807, 2.05) is 4.90 Å². The summed E-state index contributed by atoms with van der Waals surface area (Å²) in [6.07, 6.45) is 1.02. The highest BCUT2D eigenvalue weighted by molar-refractivity contribution is 5.81. The van der Waals surface area contributed by atoms with Crippen LogP contribution in [0, 0.1) is 0 Å². The molecule has 0 saturated carbocycles. The lowest BCUT2D eigenvalue weighted by molar-refractivity contribution is -0.119. The van der Waals surface area contributed by atoms with Crippen LogP contribution in [0.2, 0.25) is 0 Å². The zero-order valence-electron chi connectivity index (χ0n) is 8.31. The molecule has 4 nitrogen and oxygen atoms in total. The highest BCUT2D eigenvalue weighted by Gasteiger charge is 2.19. The Morgan fingerprint density at radius 1 is 1.13 bits per heavy atom. The molecule has 4 heteroatoms. The molecule has 0 spiro atoms. The van der Waals surface area contributed by atoms with Gasteiger partial charge in [-0.15, -0.1) is 0 Å². The quantitative estimate of drug-likeness (QED) is 0.681. The summed E-state index contributed by atoms with van der Waals surface area (Å²) in [7, 11) is 0. The van der Waals surface area contributed by atoms with E-state index in [1.54, 1.807) is 12.1 Å². The maximum Gasteiger partial charge on any atom is 0.181 e. The molecule has 0 bridgehead atoms. The molecular formula is C11H13NO3. The molecule has 1 aromatic carbocycles. The van der Waals surface area contributed by atoms with Gasteiger partial charge in [-0.05, 0) is 12.1 Å². The van der Waals surface area contributed by atoms with Crippen LogP contribution in [0.3, 0.4) is 0 Å². The number of hydrogen-bond acceptors (Lipinski definition) is 4. The van der Waals surface area contributed by atoms with E-state index in [4.69, 9.17) is 0 Å². The maximum atomic E-state index is 11.1. The molecule has 1 heterocycles. The Labute approximate surface area is 87.8 Å². The van der Waals surface area contributed by atoms with E-state index in [9.17, 15) is 15.0 Å². The molecule has 15 heavy (non-hydrogen) atoms. The number of phenolic OH excluding ortho intramolecular Hbond substituents is 2. The standard InChI is InChI=1S/C11H13NO3/c13-8-4-6-12(7-5-8)9-2-1-3-10(14)11(9)15/h1-3,14-15H,4-7H2. The van der Waals surface area contributed by atoms with Gasteiger partial charge in [-0.1, -0.05) is 6.07 Å². The van der Waals surface area contributed by atoms with Crippen LogP contribution in [-0.2, 0) is 4.79 Å². The third-order valence-electron chi connectivity index (χ3n) is 2.66. The molecule has 0 aliphatic carbocycles. The van der Waals surface area contributed by atoms with Crippen LogP contribution >= 0.6 is 0 Å². The van der Waals surface area contributed by atoms with Gasteiger partial charge in [-0.2, -0.15) is 0 Å². The summed E-state index contributed by atoms with van der Waals surface area (Å²) in [5.41, 5.74) is 0.600. The summed E-state index contributed by atoms with van der Waals surface area (Å²) >= 11 is 0. The van der Waals surface area contributed by atoms with Crippen molar-refractivity contribution in [2.24, 2.45) is 0 Å². The predicted octanol–water partition coefficient (Wildman–Crippen LogP) is 1.27. The molecule has 0 atom stereocenters. The molecule has 0 radical (unpaired) electrons. The van der Waals surface area contributed by atoms with Gasteiger partial charge in [0.2, 0.25) is 0 Å². The van der Waals surface area contributed by atoms with Gasteiger partial charge in [0.05, 0.1) is 5.69 Å². The number of aromatic hydroxyl groups is 2. The SMILES string of the molecule is O=C1CCN(c2cccc(O)c2O)CC1. The van der Waals surface area contributed by atoms with Crippen LogP contribution in [-0.4, -0.2) is 29.1 Å². The molecule has 1 aromatic rings. The molecule has 1 aliphatic heterocycles. The van der Waals surface area contributed by atoms with Gasteiger partial charge in [0.25, 0.3) is 0 Å². The Morgan fingerprint density at radius 3 is 2.47 bits per heavy atom. The third kappa shape index (κ3) is 1.88. The van der Waals surface area contributed by atoms with Gasteiger partial charge in [0.15, 0.2) is 11.5 Å². The minimum Gasteiger partial charge on any atom is -0.504 e. The van der Waals surface area contributed by atoms with Crippen molar-refractivity contribution in [1.29, 1.82) is 0 Å². The molecule has 1 saturated heterocycles. The van der Waals surface area contributed by atoms with E-state index < -0.39 is 0 Å². The molecule has 1 aliphatic rings. The molecule has 2 N–H and O–H groups in total. The topological polar surface area (TPSA) is 60.8 Å². The second-order valence-corrected chi connectivity index (χ2v) is 3.67. The predicted molar refractivity (Wildman–Crippen MR) is 56.2 cm³/mol. The smallest absolute Gasteiger partial charge is 0.181 e. The van der Waals surface area contributed by atoms with Gasteiger partial charge < -0.3 is 15.1 Å². The number of anilines is 1. The number of benzene rings is 1. The van der Waals surface area contributed by atoms with Crippen molar-refractivity contribution in [1.82, 2.24) is 0 Å². The maximum absolute atomic E-state index is 11.1. The second-order valence-electron chi connectivity index (χ2n) is 3.67. The van der Waals surface area contributed by atoms with Crippen molar-refractivity contribution in [2.75, 3.05) is 18.0 Å². The molecule has 0 unspecified atom stereocenters. The summed E-state index contributed by atoms with van der Waals surface area (Å²) in [6.45, 7) is 1.21. The fourth-order valence-corrected chi connectivity index (χ4v) is 1.77. The van der Waals surface area contributed by atoms with Gasteiger partial charge in [-0.25, -0.2) is 0 Å². The van der Waals surface area contributed by atoms with E-state index in [-0.39, 0.29) is 17.3 Å². The van der Waals surface area contributed by atoms with Crippen molar-refractivity contribution < 1.29 is 15.0 Å². The lowest BCUT2D eigenvalue weighted by Crippen LogP contribution is -2.33. The fraction of sp³-hybridized carbons (Fsp3) is 0.364. The highest BCUT2D eigenvalue weighted by Crippen LogP contribution is 2.36. The van der Waals surface area contributed by atoms with E-state index in [2.05, 4.69) is 0 Å². The normalized spacial score (nSPS) is 16.8. The molecule has 80 valence electrons. The first-order valence-electron chi connectivity index (χ1n) is 4.96. The first-order valence-corrected chi connectivity index (χ1v) is 4.96. The van der Waals surface area contributed by atoms with E-state index >= 15 is 0 Å². The summed E-state index contributed by atoms with van der Waals surface area (Å²) in [5, 5.41) is 19.0. The third-order valence-corrected chi connectivity index (χ3v) is 2.66. The van der Waals surface area contributed by atoms with E-state index in [1.165, 1.54) is 6.07 Å². The van der Waals surface area contributed by atoms with E-state index in [0.29, 0.717) is 31.6 Å². The second kappa shape index (κ2) is 3.81. The molecular weight excluding hydrogens is 194 g/mol. The Hall–Kier alpha value is -1.71. The summed E-state index contributed by atoms with van der Waals surface area (Å²) in [5.74, 6) is 0.0298. The van der Waals surface area contributed by atoms with Crippen molar-refractivity contribution in [3.63, 3.8) is 0 Å². The fourth-order valence-electron chi connectivity index (χ4n) is 1.77. The minimum absolute atomic E-state index is 0.105. The van der Waals surface area contributed by atoms with Gasteiger partial charge in [-0.3, -0.25) is 4.79 Å². The number of nitrogens with zero attached hydrogens (tertiary/aromatic N) is 1. The van der Waals surface area contributed by atoms with Crippen LogP contribution in [0.1, 0.15) is 12.8 Å². The van der Waals surface area contributed by atoms with Crippen molar-refractivity contribution in [3.8, 4) is 11.5 Å². The summed E-state index contributed by atoms with van der Waals surface area (Å²) in [6, 6.07) is 4.86. The number of para-hydroxylation sites is 1. The number of hydrogen-bond donors (Lipinski definition) is 2. The van der Waals surface area contributed by atoms with Gasteiger partial charge >= 0.3 is 0 Å². The molecule has 1 fully saturated rings.